The molecule has 0 bridgehead atoms. The van der Waals surface area contributed by atoms with Gasteiger partial charge in [-0.1, -0.05) is 24.3 Å². The molecule has 0 atom stereocenters. The van der Waals surface area contributed by atoms with Crippen molar-refractivity contribution in [1.29, 1.82) is 0 Å². The molecule has 1 aliphatic carbocycles. The van der Waals surface area contributed by atoms with E-state index in [1.165, 1.54) is 12.3 Å². The van der Waals surface area contributed by atoms with E-state index < -0.39 is 0 Å². The molecule has 0 unspecified atom stereocenters. The highest BCUT2D eigenvalue weighted by Crippen LogP contribution is 2.47. The molecule has 1 heterocycles. The quantitative estimate of drug-likeness (QED) is 0.204. The van der Waals surface area contributed by atoms with E-state index in [0.29, 0.717) is 18.8 Å². The van der Waals surface area contributed by atoms with E-state index in [4.69, 9.17) is 4.42 Å². The van der Waals surface area contributed by atoms with E-state index in [1.807, 2.05) is 37.3 Å². The number of guanidine groups is 1. The van der Waals surface area contributed by atoms with E-state index in [-0.39, 0.29) is 46.9 Å². The van der Waals surface area contributed by atoms with Crippen LogP contribution in [0.15, 0.2) is 76.3 Å². The Hall–Kier alpha value is -2.88. The predicted molar refractivity (Wildman–Crippen MR) is 139 cm³/mol. The van der Waals surface area contributed by atoms with Crippen LogP contribution in [0.25, 0.3) is 0 Å². The minimum absolute atomic E-state index is 0. The van der Waals surface area contributed by atoms with Crippen molar-refractivity contribution < 1.29 is 13.6 Å². The number of rotatable bonds is 8. The first-order chi connectivity index (χ1) is 15.6. The lowest BCUT2D eigenvalue weighted by molar-refractivity contribution is 0.0996. The number of nitrogens with one attached hydrogen (secondary N) is 3. The Bertz CT molecular complexity index is 1080. The van der Waals surface area contributed by atoms with Crippen LogP contribution in [0.5, 0.6) is 0 Å². The Balaban J connectivity index is 0.00000306. The van der Waals surface area contributed by atoms with Crippen molar-refractivity contribution in [1.82, 2.24) is 10.6 Å². The van der Waals surface area contributed by atoms with Crippen LogP contribution in [0.1, 0.15) is 41.4 Å². The average Bonchev–Trinajstić information content (AvgIpc) is 3.39. The number of nitrogens with zero attached hydrogens (tertiary/aromatic N) is 1. The van der Waals surface area contributed by atoms with E-state index in [1.54, 1.807) is 24.3 Å². The standard InChI is InChI=1S/C25H27FN4O2.HI/c1-2-27-24(29-17-25(12-13-25)19-5-3-6-20(26)15-19)28-16-18-8-10-21(11-9-18)30-23(31)22-7-4-14-32-22;/h3-11,14-15H,2,12-13,16-17H2,1H3,(H,30,31)(H2,27,28,29);1H. The molecule has 2 aromatic carbocycles. The van der Waals surface area contributed by atoms with Crippen molar-refractivity contribution in [3.8, 4) is 0 Å². The van der Waals surface area contributed by atoms with Gasteiger partial charge in [-0.2, -0.15) is 0 Å². The van der Waals surface area contributed by atoms with Crippen molar-refractivity contribution in [2.45, 2.75) is 31.7 Å². The zero-order chi connectivity index (χ0) is 22.4. The Morgan fingerprint density at radius 3 is 2.52 bits per heavy atom. The molecule has 174 valence electrons. The van der Waals surface area contributed by atoms with Gasteiger partial charge in [0.25, 0.3) is 5.91 Å². The molecular weight excluding hydrogens is 534 g/mol. The van der Waals surface area contributed by atoms with Crippen LogP contribution in [-0.2, 0) is 12.0 Å². The van der Waals surface area contributed by atoms with Gasteiger partial charge in [0.15, 0.2) is 11.7 Å². The first kappa shape index (κ1) is 24.8. The molecule has 1 aliphatic rings. The van der Waals surface area contributed by atoms with Gasteiger partial charge in [-0.05, 0) is 67.3 Å². The van der Waals surface area contributed by atoms with Crippen molar-refractivity contribution in [2.24, 2.45) is 4.99 Å². The minimum Gasteiger partial charge on any atom is -0.459 e. The molecule has 33 heavy (non-hydrogen) atoms. The maximum absolute atomic E-state index is 13.6. The van der Waals surface area contributed by atoms with Crippen LogP contribution in [0.3, 0.4) is 0 Å². The number of hydrogen-bond acceptors (Lipinski definition) is 3. The van der Waals surface area contributed by atoms with Crippen molar-refractivity contribution in [3.63, 3.8) is 0 Å². The summed E-state index contributed by atoms with van der Waals surface area (Å²) >= 11 is 0. The zero-order valence-electron chi connectivity index (χ0n) is 18.4. The average molecular weight is 562 g/mol. The molecule has 8 heteroatoms. The first-order valence-corrected chi connectivity index (χ1v) is 10.8. The summed E-state index contributed by atoms with van der Waals surface area (Å²) in [4.78, 5) is 16.7. The Morgan fingerprint density at radius 1 is 1.09 bits per heavy atom. The van der Waals surface area contributed by atoms with Crippen LogP contribution in [0, 0.1) is 5.82 Å². The summed E-state index contributed by atoms with van der Waals surface area (Å²) in [6.07, 6.45) is 3.54. The normalized spacial score (nSPS) is 14.2. The summed E-state index contributed by atoms with van der Waals surface area (Å²) in [5.41, 5.74) is 2.72. The molecule has 1 saturated carbocycles. The summed E-state index contributed by atoms with van der Waals surface area (Å²) in [5.74, 6) is 0.516. The number of halogens is 2. The van der Waals surface area contributed by atoms with E-state index in [0.717, 1.165) is 36.5 Å². The number of carbonyl (C=O) groups excluding carboxylic acids is 1. The maximum Gasteiger partial charge on any atom is 0.291 e. The van der Waals surface area contributed by atoms with Gasteiger partial charge in [-0.3, -0.25) is 4.79 Å². The topological polar surface area (TPSA) is 78.7 Å². The third-order valence-electron chi connectivity index (χ3n) is 5.61. The zero-order valence-corrected chi connectivity index (χ0v) is 20.8. The molecule has 1 amide bonds. The van der Waals surface area contributed by atoms with Gasteiger partial charge in [0.2, 0.25) is 0 Å². The lowest BCUT2D eigenvalue weighted by Gasteiger charge is -2.19. The monoisotopic (exact) mass is 562 g/mol. The van der Waals surface area contributed by atoms with Gasteiger partial charge in [-0.25, -0.2) is 9.38 Å². The van der Waals surface area contributed by atoms with Gasteiger partial charge < -0.3 is 20.4 Å². The summed E-state index contributed by atoms with van der Waals surface area (Å²) in [5, 5.41) is 9.48. The van der Waals surface area contributed by atoms with Gasteiger partial charge in [0.1, 0.15) is 5.82 Å². The highest BCUT2D eigenvalue weighted by atomic mass is 127. The van der Waals surface area contributed by atoms with Gasteiger partial charge in [0.05, 0.1) is 12.8 Å². The fourth-order valence-corrected chi connectivity index (χ4v) is 3.60. The smallest absolute Gasteiger partial charge is 0.291 e. The molecule has 0 aliphatic heterocycles. The van der Waals surface area contributed by atoms with Gasteiger partial charge in [-0.15, -0.1) is 24.0 Å². The molecule has 1 fully saturated rings. The molecule has 0 spiro atoms. The second-order valence-electron chi connectivity index (χ2n) is 7.97. The van der Waals surface area contributed by atoms with Crippen LogP contribution in [0.2, 0.25) is 0 Å². The van der Waals surface area contributed by atoms with Gasteiger partial charge >= 0.3 is 0 Å². The predicted octanol–water partition coefficient (Wildman–Crippen LogP) is 5.08. The number of aliphatic imine (C=N–C) groups is 1. The Labute approximate surface area is 210 Å². The number of anilines is 1. The Kier molecular flexibility index (Phi) is 8.49. The molecule has 3 N–H and O–H groups in total. The molecule has 6 nitrogen and oxygen atoms in total. The highest BCUT2D eigenvalue weighted by molar-refractivity contribution is 14.0. The van der Waals surface area contributed by atoms with Gasteiger partial charge in [0, 0.05) is 24.2 Å². The van der Waals surface area contributed by atoms with Crippen LogP contribution in [-0.4, -0.2) is 25.0 Å². The molecule has 4 rings (SSSR count). The van der Waals surface area contributed by atoms with Crippen LogP contribution in [0.4, 0.5) is 10.1 Å². The lowest BCUT2D eigenvalue weighted by atomic mass is 9.96. The number of hydrogen-bond donors (Lipinski definition) is 3. The molecule has 0 saturated heterocycles. The SMILES string of the molecule is CCNC(=NCc1ccc(NC(=O)c2ccco2)cc1)NCC1(c2cccc(F)c2)CC1.I. The summed E-state index contributed by atoms with van der Waals surface area (Å²) in [7, 11) is 0. The minimum atomic E-state index is -0.285. The second-order valence-corrected chi connectivity index (χ2v) is 7.97. The number of amides is 1. The summed E-state index contributed by atoms with van der Waals surface area (Å²) < 4.78 is 18.7. The molecule has 1 aromatic heterocycles. The second kappa shape index (κ2) is 11.3. The largest absolute Gasteiger partial charge is 0.459 e. The summed E-state index contributed by atoms with van der Waals surface area (Å²) in [6.45, 7) is 3.97. The fourth-order valence-electron chi connectivity index (χ4n) is 3.60. The number of benzene rings is 2. The number of carbonyl (C=O) groups is 1. The third-order valence-corrected chi connectivity index (χ3v) is 5.61. The van der Waals surface area contributed by atoms with Crippen LogP contribution >= 0.6 is 24.0 Å². The van der Waals surface area contributed by atoms with E-state index in [9.17, 15) is 9.18 Å². The first-order valence-electron chi connectivity index (χ1n) is 10.8. The third kappa shape index (κ3) is 6.56. The van der Waals surface area contributed by atoms with E-state index >= 15 is 0 Å². The van der Waals surface area contributed by atoms with Crippen molar-refractivity contribution in [2.75, 3.05) is 18.4 Å². The molecule has 0 radical (unpaired) electrons. The highest BCUT2D eigenvalue weighted by Gasteiger charge is 2.44. The molecule has 3 aromatic rings. The molecular formula is C25H28FIN4O2. The van der Waals surface area contributed by atoms with E-state index in [2.05, 4.69) is 20.9 Å². The fraction of sp³-hybridized carbons (Fsp3) is 0.280. The maximum atomic E-state index is 13.6. The van der Waals surface area contributed by atoms with Crippen LogP contribution < -0.4 is 16.0 Å². The van der Waals surface area contributed by atoms with Crippen molar-refractivity contribution in [3.05, 3.63) is 89.6 Å². The summed E-state index contributed by atoms with van der Waals surface area (Å²) in [6, 6.07) is 17.7. The van der Waals surface area contributed by atoms with Crippen molar-refractivity contribution >= 4 is 41.5 Å². The number of furan rings is 1. The Morgan fingerprint density at radius 2 is 1.88 bits per heavy atom. The lowest BCUT2D eigenvalue weighted by Crippen LogP contribution is -2.41.